The predicted octanol–water partition coefficient (Wildman–Crippen LogP) is 12.2. The number of unbranched alkanes of at least 4 members (excludes halogenated alkanes) is 8. The monoisotopic (exact) mass is 569 g/mol. The lowest BCUT2D eigenvalue weighted by Crippen LogP contribution is -2.53. The average molecular weight is 569 g/mol. The highest BCUT2D eigenvalue weighted by atomic mass is 16.5. The third-order valence-corrected chi connectivity index (χ3v) is 13.5. The normalized spacial score (nSPS) is 35.8. The van der Waals surface area contributed by atoms with Crippen LogP contribution >= 0.6 is 0 Å². The van der Waals surface area contributed by atoms with Gasteiger partial charge in [0, 0.05) is 6.42 Å². The highest BCUT2D eigenvalue weighted by molar-refractivity contribution is 5.69. The summed E-state index contributed by atoms with van der Waals surface area (Å²) in [6.07, 6.45) is 32.5. The summed E-state index contributed by atoms with van der Waals surface area (Å²) in [5.74, 6) is 5.72. The summed E-state index contributed by atoms with van der Waals surface area (Å²) < 4.78 is 5.51. The van der Waals surface area contributed by atoms with E-state index >= 15 is 0 Å². The zero-order valence-electron chi connectivity index (χ0n) is 28.1. The summed E-state index contributed by atoms with van der Waals surface area (Å²) in [5.41, 5.74) is 2.46. The SMILES string of the molecule is CCCCCCCCCCCC(=O)OC=C(C)CCC[C@@H](C)[C@H]1CC[C@H]2[C@@H]3CCC4CCCC[C@]4(C)[C@H]3CC[C@]12C. The molecule has 8 atom stereocenters. The smallest absolute Gasteiger partial charge is 0.310 e. The van der Waals surface area contributed by atoms with Crippen molar-refractivity contribution in [2.45, 2.75) is 182 Å². The number of ether oxygens (including phenoxy) is 1. The molecule has 0 N–H and O–H groups in total. The lowest BCUT2D eigenvalue weighted by atomic mass is 9.44. The van der Waals surface area contributed by atoms with Crippen molar-refractivity contribution < 1.29 is 9.53 Å². The lowest BCUT2D eigenvalue weighted by molar-refractivity contribution is -0.138. The molecular weight excluding hydrogens is 500 g/mol. The molecule has 41 heavy (non-hydrogen) atoms. The van der Waals surface area contributed by atoms with Crippen LogP contribution in [0, 0.1) is 46.3 Å². The fourth-order valence-corrected chi connectivity index (χ4v) is 11.0. The molecule has 0 heterocycles. The molecule has 0 bridgehead atoms. The first-order valence-electron chi connectivity index (χ1n) is 18.6. The van der Waals surface area contributed by atoms with E-state index in [2.05, 4.69) is 34.6 Å². The molecule has 4 saturated carbocycles. The molecule has 0 aromatic rings. The van der Waals surface area contributed by atoms with Crippen LogP contribution in [0.15, 0.2) is 11.8 Å². The van der Waals surface area contributed by atoms with E-state index in [4.69, 9.17) is 4.74 Å². The van der Waals surface area contributed by atoms with E-state index in [9.17, 15) is 4.79 Å². The van der Waals surface area contributed by atoms with Crippen molar-refractivity contribution in [1.82, 2.24) is 0 Å². The molecule has 2 nitrogen and oxygen atoms in total. The second kappa shape index (κ2) is 15.8. The van der Waals surface area contributed by atoms with Gasteiger partial charge in [0.2, 0.25) is 0 Å². The van der Waals surface area contributed by atoms with Crippen molar-refractivity contribution in [3.05, 3.63) is 11.8 Å². The van der Waals surface area contributed by atoms with E-state index in [0.717, 1.165) is 54.8 Å². The molecule has 0 aromatic carbocycles. The van der Waals surface area contributed by atoms with Crippen LogP contribution in [0.2, 0.25) is 0 Å². The maximum absolute atomic E-state index is 12.2. The summed E-state index contributed by atoms with van der Waals surface area (Å²) in [6, 6.07) is 0. The van der Waals surface area contributed by atoms with E-state index in [0.29, 0.717) is 17.3 Å². The van der Waals surface area contributed by atoms with Crippen LogP contribution < -0.4 is 0 Å². The second-order valence-electron chi connectivity index (χ2n) is 16.0. The first-order valence-corrected chi connectivity index (χ1v) is 18.6. The Labute approximate surface area is 255 Å². The molecule has 4 aliphatic carbocycles. The Hall–Kier alpha value is -0.790. The Balaban J connectivity index is 1.13. The fraction of sp³-hybridized carbons (Fsp3) is 0.923. The number of carbonyl (C=O) groups is 1. The van der Waals surface area contributed by atoms with Gasteiger partial charge in [0.1, 0.15) is 0 Å². The van der Waals surface area contributed by atoms with E-state index in [1.165, 1.54) is 128 Å². The standard InChI is InChI=1S/C39H68O2/c1-6-7-8-9-10-11-12-13-14-21-37(40)41-29-30(2)18-17-19-31(3)34-24-25-35-33-23-22-32-20-15-16-27-38(32,4)36(33)26-28-39(34,35)5/h29,31-36H,6-28H2,1-5H3/t31-,32?,33+,34-,35+,36+,38+,39-/m1/s1. The van der Waals surface area contributed by atoms with Gasteiger partial charge in [0.25, 0.3) is 0 Å². The van der Waals surface area contributed by atoms with E-state index < -0.39 is 0 Å². The number of hydrogen-bond acceptors (Lipinski definition) is 2. The van der Waals surface area contributed by atoms with Gasteiger partial charge in [-0.15, -0.1) is 0 Å². The van der Waals surface area contributed by atoms with Crippen molar-refractivity contribution in [2.24, 2.45) is 46.3 Å². The number of hydrogen-bond donors (Lipinski definition) is 0. The van der Waals surface area contributed by atoms with Gasteiger partial charge in [-0.2, -0.15) is 0 Å². The number of allylic oxidation sites excluding steroid dienone is 1. The quantitative estimate of drug-likeness (QED) is 0.105. The minimum Gasteiger partial charge on any atom is -0.435 e. The molecule has 2 heteroatoms. The average Bonchev–Trinajstić information content (AvgIpc) is 3.32. The molecule has 0 amide bonds. The zero-order chi connectivity index (χ0) is 29.3. The van der Waals surface area contributed by atoms with Gasteiger partial charge in [-0.25, -0.2) is 0 Å². The third kappa shape index (κ3) is 8.23. The van der Waals surface area contributed by atoms with Crippen LogP contribution in [-0.2, 0) is 9.53 Å². The van der Waals surface area contributed by atoms with Crippen LogP contribution in [0.25, 0.3) is 0 Å². The molecule has 0 radical (unpaired) electrons. The van der Waals surface area contributed by atoms with Crippen LogP contribution in [0.3, 0.4) is 0 Å². The van der Waals surface area contributed by atoms with Crippen molar-refractivity contribution in [1.29, 1.82) is 0 Å². The van der Waals surface area contributed by atoms with Gasteiger partial charge >= 0.3 is 5.97 Å². The Kier molecular flexibility index (Phi) is 12.8. The first kappa shape index (κ1) is 33.1. The lowest BCUT2D eigenvalue weighted by Gasteiger charge is -2.61. The minimum atomic E-state index is -0.0442. The van der Waals surface area contributed by atoms with Gasteiger partial charge in [-0.1, -0.05) is 98.3 Å². The molecule has 1 unspecified atom stereocenters. The first-order chi connectivity index (χ1) is 19.8. The topological polar surface area (TPSA) is 26.3 Å². The van der Waals surface area contributed by atoms with E-state index in [1.807, 2.05) is 0 Å². The molecule has 0 aliphatic heterocycles. The van der Waals surface area contributed by atoms with Gasteiger partial charge < -0.3 is 4.74 Å². The van der Waals surface area contributed by atoms with Crippen LogP contribution in [0.4, 0.5) is 0 Å². The summed E-state index contributed by atoms with van der Waals surface area (Å²) in [5, 5.41) is 0. The Morgan fingerprint density at radius 1 is 0.780 bits per heavy atom. The van der Waals surface area contributed by atoms with Crippen molar-refractivity contribution >= 4 is 5.97 Å². The highest BCUT2D eigenvalue weighted by Gasteiger charge is 2.60. The van der Waals surface area contributed by atoms with Gasteiger partial charge in [0.15, 0.2) is 0 Å². The number of fused-ring (bicyclic) bond motifs is 5. The Morgan fingerprint density at radius 3 is 2.24 bits per heavy atom. The zero-order valence-corrected chi connectivity index (χ0v) is 28.1. The molecule has 4 fully saturated rings. The third-order valence-electron chi connectivity index (χ3n) is 13.5. The summed E-state index contributed by atoms with van der Waals surface area (Å²) in [6.45, 7) is 12.4. The minimum absolute atomic E-state index is 0.0442. The van der Waals surface area contributed by atoms with Gasteiger partial charge in [-0.3, -0.25) is 4.79 Å². The number of carbonyl (C=O) groups excluding carboxylic acids is 1. The summed E-state index contributed by atoms with van der Waals surface area (Å²) in [4.78, 5) is 12.2. The molecule has 4 rings (SSSR count). The molecule has 0 spiro atoms. The largest absolute Gasteiger partial charge is 0.435 e. The summed E-state index contributed by atoms with van der Waals surface area (Å²) in [7, 11) is 0. The van der Waals surface area contributed by atoms with E-state index in [1.54, 1.807) is 6.26 Å². The van der Waals surface area contributed by atoms with E-state index in [-0.39, 0.29) is 5.97 Å². The second-order valence-corrected chi connectivity index (χ2v) is 16.0. The number of rotatable bonds is 16. The molecule has 236 valence electrons. The van der Waals surface area contributed by atoms with Crippen molar-refractivity contribution in [3.8, 4) is 0 Å². The Bertz CT molecular complexity index is 829. The van der Waals surface area contributed by atoms with Gasteiger partial charge in [0.05, 0.1) is 6.26 Å². The molecular formula is C39H68O2. The van der Waals surface area contributed by atoms with Crippen LogP contribution in [0.1, 0.15) is 182 Å². The fourth-order valence-electron chi connectivity index (χ4n) is 11.0. The Morgan fingerprint density at radius 2 is 1.49 bits per heavy atom. The molecule has 0 saturated heterocycles. The van der Waals surface area contributed by atoms with Gasteiger partial charge in [-0.05, 0) is 129 Å². The van der Waals surface area contributed by atoms with Crippen molar-refractivity contribution in [2.75, 3.05) is 0 Å². The molecule has 4 aliphatic rings. The van der Waals surface area contributed by atoms with Crippen LogP contribution in [-0.4, -0.2) is 5.97 Å². The maximum atomic E-state index is 12.2. The molecule has 0 aromatic heterocycles. The predicted molar refractivity (Wildman–Crippen MR) is 175 cm³/mol. The maximum Gasteiger partial charge on any atom is 0.310 e. The highest BCUT2D eigenvalue weighted by Crippen LogP contribution is 2.68. The summed E-state index contributed by atoms with van der Waals surface area (Å²) >= 11 is 0. The van der Waals surface area contributed by atoms with Crippen molar-refractivity contribution in [3.63, 3.8) is 0 Å². The number of esters is 1. The van der Waals surface area contributed by atoms with Crippen LogP contribution in [0.5, 0.6) is 0 Å².